The summed E-state index contributed by atoms with van der Waals surface area (Å²) in [5, 5.41) is 6.49. The quantitative estimate of drug-likeness (QED) is 0.599. The lowest BCUT2D eigenvalue weighted by molar-refractivity contribution is -0.142. The van der Waals surface area contributed by atoms with Crippen molar-refractivity contribution in [1.29, 1.82) is 0 Å². The molecule has 6 nitrogen and oxygen atoms in total. The predicted octanol–water partition coefficient (Wildman–Crippen LogP) is 5.14. The average molecular weight is 448 g/mol. The molecule has 2 aromatic rings. The summed E-state index contributed by atoms with van der Waals surface area (Å²) >= 11 is 6.90. The van der Waals surface area contributed by atoms with Crippen molar-refractivity contribution in [3.8, 4) is 0 Å². The second-order valence-corrected chi connectivity index (χ2v) is 7.64. The van der Waals surface area contributed by atoms with Crippen LogP contribution >= 0.6 is 23.4 Å². The number of hydrogen-bond acceptors (Lipinski definition) is 6. The van der Waals surface area contributed by atoms with Gasteiger partial charge in [0.15, 0.2) is 0 Å². The van der Waals surface area contributed by atoms with Crippen LogP contribution in [0.3, 0.4) is 0 Å². The summed E-state index contributed by atoms with van der Waals surface area (Å²) in [7, 11) is 0. The maximum absolute atomic E-state index is 13.9. The van der Waals surface area contributed by atoms with Crippen LogP contribution < -0.4 is 10.6 Å². The SMILES string of the molecule is CCOC(=O)CC1=CC(SCC(=O)Nc2ccc(Cl)cc2F)=Nc2ccccc2N1. The van der Waals surface area contributed by atoms with E-state index in [4.69, 9.17) is 16.3 Å². The Morgan fingerprint density at radius 1 is 1.27 bits per heavy atom. The zero-order valence-corrected chi connectivity index (χ0v) is 17.6. The smallest absolute Gasteiger partial charge is 0.311 e. The van der Waals surface area contributed by atoms with Crippen LogP contribution in [0.2, 0.25) is 5.02 Å². The van der Waals surface area contributed by atoms with Crippen LogP contribution in [0, 0.1) is 5.82 Å². The molecule has 1 heterocycles. The van der Waals surface area contributed by atoms with E-state index in [0.29, 0.717) is 23.0 Å². The molecule has 1 amide bonds. The Kier molecular flexibility index (Phi) is 7.48. The van der Waals surface area contributed by atoms with E-state index in [9.17, 15) is 14.0 Å². The van der Waals surface area contributed by atoms with Gasteiger partial charge in [-0.3, -0.25) is 9.59 Å². The van der Waals surface area contributed by atoms with Crippen LogP contribution in [-0.2, 0) is 14.3 Å². The molecule has 0 aromatic heterocycles. The lowest BCUT2D eigenvalue weighted by atomic mass is 10.2. The highest BCUT2D eigenvalue weighted by molar-refractivity contribution is 8.14. The van der Waals surface area contributed by atoms with Gasteiger partial charge in [-0.15, -0.1) is 0 Å². The summed E-state index contributed by atoms with van der Waals surface area (Å²) in [5.74, 6) is -1.36. The number of thioether (sulfide) groups is 1. The Hall–Kier alpha value is -2.84. The maximum atomic E-state index is 13.9. The van der Waals surface area contributed by atoms with Gasteiger partial charge in [-0.1, -0.05) is 35.5 Å². The molecule has 0 atom stereocenters. The van der Waals surface area contributed by atoms with Crippen molar-refractivity contribution in [3.05, 3.63) is 65.1 Å². The first-order valence-corrected chi connectivity index (χ1v) is 10.5. The minimum Gasteiger partial charge on any atom is -0.466 e. The lowest BCUT2D eigenvalue weighted by Crippen LogP contribution is -2.16. The molecule has 0 spiro atoms. The van der Waals surface area contributed by atoms with E-state index in [-0.39, 0.29) is 28.9 Å². The second kappa shape index (κ2) is 10.3. The number of hydrogen-bond donors (Lipinski definition) is 2. The van der Waals surface area contributed by atoms with Crippen molar-refractivity contribution in [1.82, 2.24) is 0 Å². The van der Waals surface area contributed by atoms with Gasteiger partial charge in [0.25, 0.3) is 0 Å². The van der Waals surface area contributed by atoms with Gasteiger partial charge in [-0.2, -0.15) is 0 Å². The standard InChI is InChI=1S/C21H19ClFN3O3S/c1-2-29-21(28)11-14-10-20(26-18-6-4-3-5-17(18)24-14)30-12-19(27)25-16-8-7-13(22)9-15(16)23/h3-10,24H,2,11-12H2,1H3,(H,25,27). The van der Waals surface area contributed by atoms with Crippen LogP contribution in [0.15, 0.2) is 59.2 Å². The van der Waals surface area contributed by atoms with Crippen molar-refractivity contribution in [2.24, 2.45) is 4.99 Å². The molecule has 2 aromatic carbocycles. The molecule has 30 heavy (non-hydrogen) atoms. The van der Waals surface area contributed by atoms with Crippen molar-refractivity contribution >= 4 is 57.3 Å². The van der Waals surface area contributed by atoms with Gasteiger partial charge in [-0.25, -0.2) is 9.38 Å². The number of nitrogens with one attached hydrogen (secondary N) is 2. The lowest BCUT2D eigenvalue weighted by Gasteiger charge is -2.10. The fourth-order valence-electron chi connectivity index (χ4n) is 2.64. The molecule has 0 unspecified atom stereocenters. The van der Waals surface area contributed by atoms with Crippen molar-refractivity contribution in [2.75, 3.05) is 23.0 Å². The van der Waals surface area contributed by atoms with E-state index in [0.717, 1.165) is 11.8 Å². The highest BCUT2D eigenvalue weighted by Gasteiger charge is 2.16. The Balaban J connectivity index is 1.72. The molecule has 0 radical (unpaired) electrons. The zero-order valence-electron chi connectivity index (χ0n) is 16.1. The Labute approximate surface area is 182 Å². The van der Waals surface area contributed by atoms with Gasteiger partial charge >= 0.3 is 5.97 Å². The highest BCUT2D eigenvalue weighted by Crippen LogP contribution is 2.31. The van der Waals surface area contributed by atoms with Gasteiger partial charge < -0.3 is 15.4 Å². The molecule has 0 saturated carbocycles. The van der Waals surface area contributed by atoms with Crippen LogP contribution in [0.5, 0.6) is 0 Å². The number of anilines is 2. The third-order valence-corrected chi connectivity index (χ3v) is 5.07. The first kappa shape index (κ1) is 21.9. The molecular weight excluding hydrogens is 429 g/mol. The molecule has 9 heteroatoms. The summed E-state index contributed by atoms with van der Waals surface area (Å²) in [4.78, 5) is 28.7. The molecule has 0 fully saturated rings. The summed E-state index contributed by atoms with van der Waals surface area (Å²) in [6.45, 7) is 2.03. The third kappa shape index (κ3) is 6.08. The van der Waals surface area contributed by atoms with E-state index in [1.165, 1.54) is 23.9 Å². The minimum atomic E-state index is -0.609. The Morgan fingerprint density at radius 2 is 2.07 bits per heavy atom. The fraction of sp³-hybridized carbons (Fsp3) is 0.190. The molecule has 2 N–H and O–H groups in total. The van der Waals surface area contributed by atoms with E-state index in [1.807, 2.05) is 24.3 Å². The summed E-state index contributed by atoms with van der Waals surface area (Å²) in [6, 6.07) is 11.4. The number of amides is 1. The summed E-state index contributed by atoms with van der Waals surface area (Å²) < 4.78 is 18.9. The first-order valence-electron chi connectivity index (χ1n) is 9.13. The number of carbonyl (C=O) groups excluding carboxylic acids is 2. The number of fused-ring (bicyclic) bond motifs is 1. The number of esters is 1. The average Bonchev–Trinajstić information content (AvgIpc) is 2.87. The normalized spacial score (nSPS) is 12.6. The summed E-state index contributed by atoms with van der Waals surface area (Å²) in [6.07, 6.45) is 1.75. The zero-order chi connectivity index (χ0) is 21.5. The number of nitrogens with zero attached hydrogens (tertiary/aromatic N) is 1. The number of ether oxygens (including phenoxy) is 1. The largest absolute Gasteiger partial charge is 0.466 e. The molecule has 0 aliphatic carbocycles. The monoisotopic (exact) mass is 447 g/mol. The highest BCUT2D eigenvalue weighted by atomic mass is 35.5. The maximum Gasteiger partial charge on any atom is 0.311 e. The third-order valence-electron chi connectivity index (χ3n) is 3.92. The molecular formula is C21H19ClFN3O3S. The number of aliphatic imine (C=N–C) groups is 1. The molecule has 1 aliphatic rings. The number of benzene rings is 2. The fourth-order valence-corrected chi connectivity index (χ4v) is 3.54. The number of rotatable bonds is 6. The first-order chi connectivity index (χ1) is 14.4. The van der Waals surface area contributed by atoms with Crippen LogP contribution in [-0.4, -0.2) is 29.3 Å². The van der Waals surface area contributed by atoms with Gasteiger partial charge in [0.1, 0.15) is 5.82 Å². The molecule has 1 aliphatic heterocycles. The minimum absolute atomic E-state index is 0.00620. The number of carbonyl (C=O) groups is 2. The number of halogens is 2. The summed E-state index contributed by atoms with van der Waals surface area (Å²) in [5.41, 5.74) is 2.09. The van der Waals surface area contributed by atoms with Gasteiger partial charge in [0.2, 0.25) is 5.91 Å². The molecule has 156 valence electrons. The topological polar surface area (TPSA) is 79.8 Å². The Morgan fingerprint density at radius 3 is 2.83 bits per heavy atom. The van der Waals surface area contributed by atoms with Crippen LogP contribution in [0.1, 0.15) is 13.3 Å². The molecule has 0 saturated heterocycles. The second-order valence-electron chi connectivity index (χ2n) is 6.20. The van der Waals surface area contributed by atoms with E-state index in [1.54, 1.807) is 13.0 Å². The Bertz CT molecular complexity index is 1030. The predicted molar refractivity (Wildman–Crippen MR) is 119 cm³/mol. The van der Waals surface area contributed by atoms with Gasteiger partial charge in [-0.05, 0) is 43.3 Å². The van der Waals surface area contributed by atoms with Gasteiger partial charge in [0, 0.05) is 10.7 Å². The van der Waals surface area contributed by atoms with Crippen molar-refractivity contribution in [3.63, 3.8) is 0 Å². The van der Waals surface area contributed by atoms with E-state index < -0.39 is 11.7 Å². The van der Waals surface area contributed by atoms with E-state index in [2.05, 4.69) is 15.6 Å². The van der Waals surface area contributed by atoms with Gasteiger partial charge in [0.05, 0.1) is 40.9 Å². The van der Waals surface area contributed by atoms with E-state index >= 15 is 0 Å². The molecule has 3 rings (SSSR count). The van der Waals surface area contributed by atoms with Crippen LogP contribution in [0.25, 0.3) is 0 Å². The molecule has 0 bridgehead atoms. The van der Waals surface area contributed by atoms with Crippen molar-refractivity contribution < 1.29 is 18.7 Å². The van der Waals surface area contributed by atoms with Crippen LogP contribution in [0.4, 0.5) is 21.5 Å². The van der Waals surface area contributed by atoms with Crippen molar-refractivity contribution in [2.45, 2.75) is 13.3 Å². The number of para-hydroxylation sites is 2.